The third-order valence-corrected chi connectivity index (χ3v) is 5.58. The van der Waals surface area contributed by atoms with Gasteiger partial charge >= 0.3 is 0 Å². The summed E-state index contributed by atoms with van der Waals surface area (Å²) in [6.07, 6.45) is 1.09. The summed E-state index contributed by atoms with van der Waals surface area (Å²) in [5, 5.41) is 3.00. The lowest BCUT2D eigenvalue weighted by atomic mass is 10.0. The predicted octanol–water partition coefficient (Wildman–Crippen LogP) is 4.19. The molecule has 30 heavy (non-hydrogen) atoms. The second-order valence-corrected chi connectivity index (χ2v) is 7.96. The smallest absolute Gasteiger partial charge is 0.242 e. The van der Waals surface area contributed by atoms with E-state index in [0.29, 0.717) is 6.54 Å². The second kappa shape index (κ2) is 10.8. The van der Waals surface area contributed by atoms with Crippen molar-refractivity contribution in [1.29, 1.82) is 0 Å². The van der Waals surface area contributed by atoms with Crippen molar-refractivity contribution in [2.45, 2.75) is 66.1 Å². The van der Waals surface area contributed by atoms with Crippen LogP contribution in [-0.4, -0.2) is 35.9 Å². The van der Waals surface area contributed by atoms with E-state index in [4.69, 9.17) is 4.74 Å². The van der Waals surface area contributed by atoms with Crippen molar-refractivity contribution in [3.05, 3.63) is 64.7 Å². The molecule has 2 aromatic carbocycles. The van der Waals surface area contributed by atoms with Crippen LogP contribution in [0, 0.1) is 13.8 Å². The maximum absolute atomic E-state index is 13.3. The molecule has 2 rings (SSSR count). The van der Waals surface area contributed by atoms with Crippen molar-refractivity contribution in [3.8, 4) is 5.75 Å². The molecule has 1 N–H and O–H groups in total. The highest BCUT2D eigenvalue weighted by Gasteiger charge is 2.27. The van der Waals surface area contributed by atoms with E-state index in [1.165, 1.54) is 5.56 Å². The first-order valence-electron chi connectivity index (χ1n) is 10.5. The maximum Gasteiger partial charge on any atom is 0.242 e. The normalized spacial score (nSPS) is 12.7. The molecular weight excluding hydrogens is 376 g/mol. The van der Waals surface area contributed by atoms with E-state index in [1.807, 2.05) is 63.2 Å². The van der Waals surface area contributed by atoms with Gasteiger partial charge in [0.15, 0.2) is 0 Å². The zero-order valence-corrected chi connectivity index (χ0v) is 19.0. The van der Waals surface area contributed by atoms with E-state index in [2.05, 4.69) is 12.2 Å². The number of nitrogens with one attached hydrogen (secondary N) is 1. The Kier molecular flexibility index (Phi) is 8.46. The number of hydrogen-bond acceptors (Lipinski definition) is 3. The Hall–Kier alpha value is -2.82. The van der Waals surface area contributed by atoms with Crippen LogP contribution in [0.15, 0.2) is 42.5 Å². The van der Waals surface area contributed by atoms with Gasteiger partial charge in [-0.05, 0) is 68.5 Å². The largest absolute Gasteiger partial charge is 0.497 e. The van der Waals surface area contributed by atoms with E-state index in [-0.39, 0.29) is 24.3 Å². The zero-order chi connectivity index (χ0) is 22.3. The molecule has 2 amide bonds. The minimum Gasteiger partial charge on any atom is -0.497 e. The molecule has 0 spiro atoms. The summed E-state index contributed by atoms with van der Waals surface area (Å²) in [6, 6.07) is 13.1. The Bertz CT molecular complexity index is 878. The topological polar surface area (TPSA) is 58.6 Å². The maximum atomic E-state index is 13.3. The quantitative estimate of drug-likeness (QED) is 0.674. The predicted molar refractivity (Wildman–Crippen MR) is 121 cm³/mol. The summed E-state index contributed by atoms with van der Waals surface area (Å²) in [5.41, 5.74) is 4.22. The Labute approximate surface area is 180 Å². The molecule has 2 aromatic rings. The van der Waals surface area contributed by atoms with Gasteiger partial charge in [-0.2, -0.15) is 0 Å². The molecular formula is C25H34N2O3. The summed E-state index contributed by atoms with van der Waals surface area (Å²) in [5.74, 6) is 0.513. The minimum atomic E-state index is -0.579. The summed E-state index contributed by atoms with van der Waals surface area (Å²) in [6.45, 7) is 10.2. The first kappa shape index (κ1) is 23.5. The Morgan fingerprint density at radius 3 is 2.40 bits per heavy atom. The SMILES string of the molecule is CC[C@H](C)NC(=O)[C@@H](C)N(Cc1cccc(OC)c1)C(=O)Cc1ccc(C)c(C)c1. The van der Waals surface area contributed by atoms with E-state index in [1.54, 1.807) is 18.9 Å². The van der Waals surface area contributed by atoms with Gasteiger partial charge in [-0.25, -0.2) is 0 Å². The Morgan fingerprint density at radius 1 is 1.03 bits per heavy atom. The average molecular weight is 411 g/mol. The van der Waals surface area contributed by atoms with Gasteiger partial charge in [-0.15, -0.1) is 0 Å². The molecule has 0 fully saturated rings. The number of amides is 2. The highest BCUT2D eigenvalue weighted by molar-refractivity contribution is 5.88. The fourth-order valence-electron chi connectivity index (χ4n) is 3.21. The number of carbonyl (C=O) groups is 2. The van der Waals surface area contributed by atoms with Crippen LogP contribution in [0.2, 0.25) is 0 Å². The molecule has 5 heteroatoms. The van der Waals surface area contributed by atoms with Crippen LogP contribution in [-0.2, 0) is 22.6 Å². The number of carbonyl (C=O) groups excluding carboxylic acids is 2. The van der Waals surface area contributed by atoms with Crippen LogP contribution in [0.5, 0.6) is 5.75 Å². The van der Waals surface area contributed by atoms with Gasteiger partial charge in [0.2, 0.25) is 11.8 Å². The average Bonchev–Trinajstić information content (AvgIpc) is 2.74. The molecule has 0 heterocycles. The van der Waals surface area contributed by atoms with Crippen molar-refractivity contribution < 1.29 is 14.3 Å². The molecule has 2 atom stereocenters. The van der Waals surface area contributed by atoms with Gasteiger partial charge in [0.1, 0.15) is 11.8 Å². The highest BCUT2D eigenvalue weighted by atomic mass is 16.5. The summed E-state index contributed by atoms with van der Waals surface area (Å²) in [7, 11) is 1.62. The van der Waals surface area contributed by atoms with Crippen molar-refractivity contribution in [1.82, 2.24) is 10.2 Å². The van der Waals surface area contributed by atoms with Gasteiger partial charge in [0.25, 0.3) is 0 Å². The molecule has 0 saturated carbocycles. The zero-order valence-electron chi connectivity index (χ0n) is 19.0. The Balaban J connectivity index is 2.27. The standard InChI is InChI=1S/C25H34N2O3/c1-7-19(4)26-25(29)20(5)27(16-22-9-8-10-23(14-22)30-6)24(28)15-21-12-11-17(2)18(3)13-21/h8-14,19-20H,7,15-16H2,1-6H3,(H,26,29)/t19-,20+/m0/s1. The van der Waals surface area contributed by atoms with Gasteiger partial charge in [0.05, 0.1) is 13.5 Å². The lowest BCUT2D eigenvalue weighted by molar-refractivity contribution is -0.140. The first-order valence-corrected chi connectivity index (χ1v) is 10.5. The third-order valence-electron chi connectivity index (χ3n) is 5.58. The molecule has 162 valence electrons. The summed E-state index contributed by atoms with van der Waals surface area (Å²) >= 11 is 0. The number of benzene rings is 2. The fourth-order valence-corrected chi connectivity index (χ4v) is 3.21. The second-order valence-electron chi connectivity index (χ2n) is 7.96. The van der Waals surface area contributed by atoms with Crippen LogP contribution in [0.1, 0.15) is 49.4 Å². The Morgan fingerprint density at radius 2 is 1.77 bits per heavy atom. The van der Waals surface area contributed by atoms with Crippen LogP contribution >= 0.6 is 0 Å². The molecule has 5 nitrogen and oxygen atoms in total. The number of methoxy groups -OCH3 is 1. The van der Waals surface area contributed by atoms with Gasteiger partial charge in [0, 0.05) is 12.6 Å². The van der Waals surface area contributed by atoms with E-state index in [9.17, 15) is 9.59 Å². The van der Waals surface area contributed by atoms with Crippen LogP contribution in [0.4, 0.5) is 0 Å². The van der Waals surface area contributed by atoms with Crippen LogP contribution in [0.25, 0.3) is 0 Å². The number of rotatable bonds is 9. The van der Waals surface area contributed by atoms with Gasteiger partial charge in [-0.3, -0.25) is 9.59 Å². The van der Waals surface area contributed by atoms with Crippen LogP contribution in [0.3, 0.4) is 0 Å². The lowest BCUT2D eigenvalue weighted by Gasteiger charge is -2.30. The molecule has 0 saturated heterocycles. The van der Waals surface area contributed by atoms with Crippen LogP contribution < -0.4 is 10.1 Å². The molecule has 0 unspecified atom stereocenters. The third kappa shape index (κ3) is 6.34. The van der Waals surface area contributed by atoms with E-state index < -0.39 is 6.04 Å². The van der Waals surface area contributed by atoms with Crippen molar-refractivity contribution in [3.63, 3.8) is 0 Å². The fraction of sp³-hybridized carbons (Fsp3) is 0.440. The molecule has 0 aromatic heterocycles. The van der Waals surface area contributed by atoms with Crippen molar-refractivity contribution in [2.75, 3.05) is 7.11 Å². The van der Waals surface area contributed by atoms with Gasteiger partial charge < -0.3 is 15.0 Å². The number of ether oxygens (including phenoxy) is 1. The monoisotopic (exact) mass is 410 g/mol. The van der Waals surface area contributed by atoms with E-state index >= 15 is 0 Å². The first-order chi connectivity index (χ1) is 14.2. The lowest BCUT2D eigenvalue weighted by Crippen LogP contribution is -2.49. The van der Waals surface area contributed by atoms with Crippen molar-refractivity contribution >= 4 is 11.8 Å². The summed E-state index contributed by atoms with van der Waals surface area (Å²) < 4.78 is 5.31. The van der Waals surface area contributed by atoms with E-state index in [0.717, 1.165) is 28.9 Å². The number of hydrogen-bond donors (Lipinski definition) is 1. The highest BCUT2D eigenvalue weighted by Crippen LogP contribution is 2.18. The molecule has 0 aliphatic carbocycles. The molecule has 0 aliphatic rings. The number of nitrogens with zero attached hydrogens (tertiary/aromatic N) is 1. The molecule has 0 bridgehead atoms. The molecule has 0 aliphatic heterocycles. The van der Waals surface area contributed by atoms with Crippen molar-refractivity contribution in [2.24, 2.45) is 0 Å². The van der Waals surface area contributed by atoms with Gasteiger partial charge in [-0.1, -0.05) is 37.3 Å². The minimum absolute atomic E-state index is 0.0634. The summed E-state index contributed by atoms with van der Waals surface area (Å²) in [4.78, 5) is 27.7. The molecule has 0 radical (unpaired) electrons. The number of aryl methyl sites for hydroxylation is 2.